The summed E-state index contributed by atoms with van der Waals surface area (Å²) in [5.41, 5.74) is 43.7. The van der Waals surface area contributed by atoms with Crippen molar-refractivity contribution < 1.29 is 129 Å². The lowest BCUT2D eigenvalue weighted by molar-refractivity contribution is -0.314. The molecule has 0 aromatic rings. The second-order valence-corrected chi connectivity index (χ2v) is 21.1. The van der Waals surface area contributed by atoms with Crippen molar-refractivity contribution in [3.63, 3.8) is 0 Å². The predicted octanol–water partition coefficient (Wildman–Crippen LogP) is -16.8. The van der Waals surface area contributed by atoms with Crippen molar-refractivity contribution in [2.75, 3.05) is 33.4 Å². The molecule has 38 nitrogen and oxygen atoms in total. The van der Waals surface area contributed by atoms with Gasteiger partial charge in [-0.1, -0.05) is 0 Å². The molecule has 5 aliphatic heterocycles. The summed E-state index contributed by atoms with van der Waals surface area (Å²) in [6.07, 6.45) is -37.8. The number of nitrogens with one attached hydrogen (secondary N) is 3. The molecule has 476 valence electrons. The average molecular weight is 1200 g/mol. The van der Waals surface area contributed by atoms with E-state index in [4.69, 9.17) is 98.6 Å². The minimum Gasteiger partial charge on any atom is -0.394 e. The van der Waals surface area contributed by atoms with Crippen LogP contribution in [-0.4, -0.2) is 336 Å². The van der Waals surface area contributed by atoms with E-state index in [1.807, 2.05) is 0 Å². The number of aliphatic hydroxyl groups excluding tert-OH is 14. The van der Waals surface area contributed by atoms with Crippen LogP contribution in [0, 0.1) is 5.41 Å². The highest BCUT2D eigenvalue weighted by molar-refractivity contribution is 5.76. The molecule has 0 aromatic heterocycles. The Morgan fingerprint density at radius 2 is 1.07 bits per heavy atom. The molecule has 0 amide bonds. The molecule has 0 bridgehead atoms. The van der Waals surface area contributed by atoms with Crippen LogP contribution in [0.15, 0.2) is 4.99 Å². The summed E-state index contributed by atoms with van der Waals surface area (Å²) in [4.78, 5) is 15.8. The molecule has 34 atom stereocenters. The van der Waals surface area contributed by atoms with E-state index in [9.17, 15) is 81.4 Å². The van der Waals surface area contributed by atoms with Crippen LogP contribution in [0.2, 0.25) is 0 Å². The highest BCUT2D eigenvalue weighted by Gasteiger charge is 2.61. The SMILES string of the molecule is CN[C@@H]1[C@H](O[C@H]2[C@H](O[C@H]3[C@H](O)[C@@H](O)[C@H](N=C(N)N)[C@@H](O)[C@@H]3NC(=N)N)O[C@@H](C)[C@]2(O)C=O)O[C@@H](CO)[C@H](O)[C@H]1O.NC[C@@H]1O[C@H](O[C@H]2[C@@H](O)[C@H](O[C@@H]3[C@@H](O)[C@H](N)C[C@H](N)[C@H]3O[C@H]3O[C@H](CO)[C@@H](O)[C@H](O)[C@H]3N)O[C@@H]2CO)[C@H](N)[C@@H](O)[C@@H]1O. The zero-order valence-corrected chi connectivity index (χ0v) is 44.4. The maximum Gasteiger partial charge on any atom is 0.188 e. The zero-order chi connectivity index (χ0) is 61.1. The molecule has 0 aromatic carbocycles. The molecule has 7 aliphatic rings. The van der Waals surface area contributed by atoms with Crippen molar-refractivity contribution in [1.29, 1.82) is 5.41 Å². The Balaban J connectivity index is 0.000000264. The number of nitrogens with zero attached hydrogens (tertiary/aromatic N) is 1. The molecule has 38 heteroatoms. The van der Waals surface area contributed by atoms with E-state index in [1.165, 1.54) is 14.0 Å². The molecular weight excluding hydrogens is 1110 g/mol. The van der Waals surface area contributed by atoms with Crippen LogP contribution in [0.5, 0.6) is 0 Å². The van der Waals surface area contributed by atoms with E-state index >= 15 is 0 Å². The van der Waals surface area contributed by atoms with E-state index in [2.05, 4.69) is 15.6 Å². The average Bonchev–Trinajstić information content (AvgIpc) is 3.45. The van der Waals surface area contributed by atoms with Crippen LogP contribution in [-0.2, 0) is 52.2 Å². The third-order valence-corrected chi connectivity index (χ3v) is 15.7. The van der Waals surface area contributed by atoms with Gasteiger partial charge < -0.3 is 180 Å². The minimum atomic E-state index is -2.39. The third kappa shape index (κ3) is 14.0. The zero-order valence-electron chi connectivity index (χ0n) is 44.4. The number of carbonyl (C=O) groups is 1. The Kier molecular flexibility index (Phi) is 23.8. The van der Waals surface area contributed by atoms with Gasteiger partial charge in [0.1, 0.15) is 122 Å². The first-order chi connectivity index (χ1) is 38.5. The fourth-order valence-electron chi connectivity index (χ4n) is 10.8. The van der Waals surface area contributed by atoms with Gasteiger partial charge in [0.2, 0.25) is 0 Å². The van der Waals surface area contributed by atoms with Crippen LogP contribution in [0.4, 0.5) is 0 Å². The Morgan fingerprint density at radius 3 is 1.60 bits per heavy atom. The largest absolute Gasteiger partial charge is 0.394 e. The molecule has 82 heavy (non-hydrogen) atoms. The lowest BCUT2D eigenvalue weighted by Crippen LogP contribution is -2.70. The van der Waals surface area contributed by atoms with Gasteiger partial charge in [0.25, 0.3) is 0 Å². The van der Waals surface area contributed by atoms with Gasteiger partial charge in [-0.3, -0.25) is 10.2 Å². The van der Waals surface area contributed by atoms with Crippen molar-refractivity contribution in [1.82, 2.24) is 10.6 Å². The third-order valence-electron chi connectivity index (χ3n) is 15.7. The number of likely N-dealkylation sites (N-methyl/N-ethyl adjacent to an activating group) is 1. The summed E-state index contributed by atoms with van der Waals surface area (Å²) >= 11 is 0. The smallest absolute Gasteiger partial charge is 0.188 e. The van der Waals surface area contributed by atoms with Gasteiger partial charge >= 0.3 is 0 Å². The van der Waals surface area contributed by atoms with Gasteiger partial charge in [0, 0.05) is 18.6 Å². The van der Waals surface area contributed by atoms with E-state index in [-0.39, 0.29) is 19.3 Å². The van der Waals surface area contributed by atoms with Gasteiger partial charge in [-0.25, -0.2) is 4.99 Å². The van der Waals surface area contributed by atoms with Gasteiger partial charge in [0.15, 0.2) is 55.3 Å². The molecule has 7 rings (SSSR count). The molecule has 2 aliphatic carbocycles. The minimum absolute atomic E-state index is 0.0642. The summed E-state index contributed by atoms with van der Waals surface area (Å²) in [7, 11) is 1.42. The highest BCUT2D eigenvalue weighted by Crippen LogP contribution is 2.39. The summed E-state index contributed by atoms with van der Waals surface area (Å²) in [6, 6.07) is -8.32. The van der Waals surface area contributed by atoms with E-state index < -0.39 is 239 Å². The van der Waals surface area contributed by atoms with Crippen molar-refractivity contribution >= 4 is 18.2 Å². The first-order valence-corrected chi connectivity index (χ1v) is 26.2. The quantitative estimate of drug-likeness (QED) is 0.0344. The standard InChI is InChI=1S/C23H45N5O14.C21H39N7O12/c24-2-7-13(32)15(34)10(27)21(37-7)41-19-9(4-30)39-23(17(19)36)42-20-12(31)5(25)1-6(26)18(20)40-22-11(28)16(35)14(33)8(3-29)38-22;1-5-21(36,4-30)16(40-17-9(26-2)13(34)10(31)6(3-29)38-17)18(37-5)39-15-8(28-20(24)25)11(32)7(27-19(22)23)12(33)14(15)35/h5-23,29-36H,1-4,24-28H2;4-18,26,29,31-36H,3H2,1-2H3,(H4,22,23,27)(H4,24,25,28)/t5-,6+,7+,8-,9-,10-,11-,12+,13-,14-,15-,16-,17-,18-,19-,20-,21-,22-,23+;5-,6-,7+,8-,9-,10-,11+,12-,13-,14+,15+,16-,17-,18-,21+/m10/s1. The van der Waals surface area contributed by atoms with Crippen LogP contribution in [0.1, 0.15) is 13.3 Å². The fourth-order valence-corrected chi connectivity index (χ4v) is 10.8. The summed E-state index contributed by atoms with van der Waals surface area (Å²) in [5, 5.41) is 169. The van der Waals surface area contributed by atoms with E-state index in [0.717, 1.165) is 0 Å². The molecule has 0 unspecified atom stereocenters. The van der Waals surface area contributed by atoms with Gasteiger partial charge in [-0.15, -0.1) is 0 Å². The first kappa shape index (κ1) is 68.1. The molecule has 5 heterocycles. The van der Waals surface area contributed by atoms with E-state index in [0.29, 0.717) is 0 Å². The number of aliphatic hydroxyl groups is 15. The van der Waals surface area contributed by atoms with Crippen molar-refractivity contribution in [3.8, 4) is 0 Å². The van der Waals surface area contributed by atoms with Crippen molar-refractivity contribution in [2.45, 2.75) is 221 Å². The van der Waals surface area contributed by atoms with Gasteiger partial charge in [0.05, 0.1) is 56.2 Å². The Bertz CT molecular complexity index is 2070. The predicted molar refractivity (Wildman–Crippen MR) is 269 cm³/mol. The first-order valence-electron chi connectivity index (χ1n) is 26.2. The number of carbonyl (C=O) groups excluding carboxylic acids is 1. The molecule has 2 saturated carbocycles. The van der Waals surface area contributed by atoms with Crippen LogP contribution >= 0.6 is 0 Å². The van der Waals surface area contributed by atoms with Crippen LogP contribution in [0.3, 0.4) is 0 Å². The molecule has 5 saturated heterocycles. The molecule has 7 fully saturated rings. The normalized spacial score (nSPS) is 50.7. The number of aliphatic imine (C=N–C) groups is 1. The Morgan fingerprint density at radius 1 is 0.573 bits per heavy atom. The number of hydrogen-bond acceptors (Lipinski definition) is 34. The number of rotatable bonds is 18. The van der Waals surface area contributed by atoms with Crippen LogP contribution in [0.25, 0.3) is 0 Å². The number of aldehydes is 1. The van der Waals surface area contributed by atoms with Crippen molar-refractivity contribution in [3.05, 3.63) is 0 Å². The second-order valence-electron chi connectivity index (χ2n) is 21.1. The second kappa shape index (κ2) is 28.7. The number of ether oxygens (including phenoxy) is 10. The highest BCUT2D eigenvalue weighted by atomic mass is 16.8. The fraction of sp³-hybridized carbons (Fsp3) is 0.932. The summed E-state index contributed by atoms with van der Waals surface area (Å²) in [5.74, 6) is -1.16. The molecule has 34 N–H and O–H groups in total. The maximum atomic E-state index is 12.1. The van der Waals surface area contributed by atoms with Gasteiger partial charge in [-0.2, -0.15) is 0 Å². The Hall–Kier alpha value is -3.03. The topological polar surface area (TPSA) is 681 Å². The Labute approximate surface area is 467 Å². The van der Waals surface area contributed by atoms with Gasteiger partial charge in [-0.05, 0) is 20.4 Å². The molecule has 0 spiro atoms. The number of guanidine groups is 2. The van der Waals surface area contributed by atoms with Crippen LogP contribution < -0.4 is 56.5 Å². The summed E-state index contributed by atoms with van der Waals surface area (Å²) < 4.78 is 57.3. The molecule has 0 radical (unpaired) electrons. The van der Waals surface area contributed by atoms with Crippen molar-refractivity contribution in [2.24, 2.45) is 50.9 Å². The number of nitrogens with two attached hydrogens (primary N) is 8. The molecular formula is C44H84N12O26. The monoisotopic (exact) mass is 1200 g/mol. The maximum absolute atomic E-state index is 12.1. The summed E-state index contributed by atoms with van der Waals surface area (Å²) in [6.45, 7) is -0.869. The lowest BCUT2D eigenvalue weighted by Gasteiger charge is -2.47. The van der Waals surface area contributed by atoms with E-state index in [1.54, 1.807) is 0 Å². The lowest BCUT2D eigenvalue weighted by atomic mass is 9.81. The number of hydrogen-bond donors (Lipinski definition) is 26.